The molecule has 0 saturated carbocycles. The molecule has 0 spiro atoms. The van der Waals surface area contributed by atoms with Gasteiger partial charge in [0.15, 0.2) is 0 Å². The Hall–Kier alpha value is -0.720. The second kappa shape index (κ2) is 4.34. The van der Waals surface area contributed by atoms with Crippen molar-refractivity contribution in [3.63, 3.8) is 0 Å². The maximum Gasteiger partial charge on any atom is 0.0175 e. The van der Waals surface area contributed by atoms with E-state index in [4.69, 9.17) is 0 Å². The van der Waals surface area contributed by atoms with E-state index < -0.39 is 0 Å². The molecule has 0 unspecified atom stereocenters. The number of rotatable bonds is 2. The molecule has 0 aliphatic carbocycles. The van der Waals surface area contributed by atoms with Crippen molar-refractivity contribution in [3.8, 4) is 0 Å². The van der Waals surface area contributed by atoms with E-state index in [1.165, 1.54) is 30.7 Å². The molecule has 1 aliphatic rings. The van der Waals surface area contributed by atoms with Crippen LogP contribution in [0.2, 0.25) is 0 Å². The van der Waals surface area contributed by atoms with Crippen molar-refractivity contribution in [2.24, 2.45) is 0 Å². The van der Waals surface area contributed by atoms with Crippen LogP contribution in [0.5, 0.6) is 0 Å². The van der Waals surface area contributed by atoms with E-state index in [-0.39, 0.29) is 0 Å². The Morgan fingerprint density at radius 2 is 2.25 bits per heavy atom. The zero-order valence-corrected chi connectivity index (χ0v) is 8.43. The molecule has 0 aromatic heterocycles. The molecule has 0 atom stereocenters. The van der Waals surface area contributed by atoms with E-state index in [1.807, 2.05) is 0 Å². The van der Waals surface area contributed by atoms with E-state index in [0.29, 0.717) is 0 Å². The minimum atomic E-state index is 1.16. The van der Waals surface area contributed by atoms with Gasteiger partial charge in [-0.05, 0) is 31.8 Å². The third kappa shape index (κ3) is 1.90. The van der Waals surface area contributed by atoms with Gasteiger partial charge in [0.2, 0.25) is 0 Å². The molecule has 0 saturated heterocycles. The Labute approximate surface area is 75.8 Å². The quantitative estimate of drug-likeness (QED) is 0.608. The third-order valence-electron chi connectivity index (χ3n) is 2.47. The fourth-order valence-electron chi connectivity index (χ4n) is 1.91. The topological polar surface area (TPSA) is 3.24 Å². The first-order valence-corrected chi connectivity index (χ1v) is 4.85. The highest BCUT2D eigenvalue weighted by atomic mass is 15.1. The lowest BCUT2D eigenvalue weighted by Crippen LogP contribution is -2.24. The van der Waals surface area contributed by atoms with E-state index >= 15 is 0 Å². The van der Waals surface area contributed by atoms with Crippen LogP contribution in [-0.4, -0.2) is 18.5 Å². The Bertz CT molecular complexity index is 201. The molecule has 68 valence electrons. The predicted octanol–water partition coefficient (Wildman–Crippen LogP) is 2.95. The summed E-state index contributed by atoms with van der Waals surface area (Å²) in [6.07, 6.45) is 8.13. The van der Waals surface area contributed by atoms with Crippen molar-refractivity contribution < 1.29 is 0 Å². The predicted molar refractivity (Wildman–Crippen MR) is 54.0 cm³/mol. The summed E-state index contributed by atoms with van der Waals surface area (Å²) in [4.78, 5) is 2.39. The average molecular weight is 165 g/mol. The molecule has 0 fully saturated rings. The zero-order chi connectivity index (χ0) is 8.97. The zero-order valence-electron chi connectivity index (χ0n) is 8.43. The number of hydrogen-bond donors (Lipinski definition) is 0. The molecule has 1 nitrogen and oxygen atoms in total. The molecule has 0 amide bonds. The van der Waals surface area contributed by atoms with Gasteiger partial charge in [0.05, 0.1) is 0 Å². The SMILES string of the molecule is C/C=C\C1=C(CC)N(C)CCC1. The maximum atomic E-state index is 2.39. The van der Waals surface area contributed by atoms with Gasteiger partial charge in [-0.25, -0.2) is 0 Å². The summed E-state index contributed by atoms with van der Waals surface area (Å²) in [5.74, 6) is 0. The van der Waals surface area contributed by atoms with Crippen LogP contribution >= 0.6 is 0 Å². The number of hydrogen-bond acceptors (Lipinski definition) is 1. The molecule has 0 radical (unpaired) electrons. The fourth-order valence-corrected chi connectivity index (χ4v) is 1.91. The first kappa shape index (κ1) is 9.37. The first-order valence-electron chi connectivity index (χ1n) is 4.85. The lowest BCUT2D eigenvalue weighted by molar-refractivity contribution is 0.370. The molecular weight excluding hydrogens is 146 g/mol. The van der Waals surface area contributed by atoms with Gasteiger partial charge in [0.25, 0.3) is 0 Å². The van der Waals surface area contributed by atoms with Gasteiger partial charge in [-0.1, -0.05) is 19.1 Å². The van der Waals surface area contributed by atoms with Crippen LogP contribution in [0.3, 0.4) is 0 Å². The summed E-state index contributed by atoms with van der Waals surface area (Å²) in [5.41, 5.74) is 3.06. The largest absolute Gasteiger partial charge is 0.378 e. The van der Waals surface area contributed by atoms with E-state index in [2.05, 4.69) is 37.9 Å². The van der Waals surface area contributed by atoms with Crippen molar-refractivity contribution in [1.82, 2.24) is 4.90 Å². The van der Waals surface area contributed by atoms with Gasteiger partial charge < -0.3 is 4.90 Å². The average Bonchev–Trinajstić information content (AvgIpc) is 2.05. The van der Waals surface area contributed by atoms with Crippen LogP contribution in [0, 0.1) is 0 Å². The summed E-state index contributed by atoms with van der Waals surface area (Å²) in [6.45, 7) is 5.56. The molecule has 0 bridgehead atoms. The molecule has 0 aromatic rings. The van der Waals surface area contributed by atoms with Gasteiger partial charge in [0, 0.05) is 19.3 Å². The Morgan fingerprint density at radius 3 is 2.83 bits per heavy atom. The van der Waals surface area contributed by atoms with Crippen LogP contribution in [0.15, 0.2) is 23.4 Å². The van der Waals surface area contributed by atoms with E-state index in [9.17, 15) is 0 Å². The first-order chi connectivity index (χ1) is 5.79. The number of nitrogens with zero attached hydrogens (tertiary/aromatic N) is 1. The normalized spacial score (nSPS) is 19.4. The summed E-state index contributed by atoms with van der Waals surface area (Å²) >= 11 is 0. The highest BCUT2D eigenvalue weighted by Gasteiger charge is 2.12. The molecule has 0 N–H and O–H groups in total. The molecule has 1 aliphatic heterocycles. The van der Waals surface area contributed by atoms with Crippen molar-refractivity contribution in [2.45, 2.75) is 33.1 Å². The van der Waals surface area contributed by atoms with Crippen molar-refractivity contribution >= 4 is 0 Å². The molecule has 1 heterocycles. The fraction of sp³-hybridized carbons (Fsp3) is 0.636. The lowest BCUT2D eigenvalue weighted by Gasteiger charge is -2.29. The summed E-state index contributed by atoms with van der Waals surface area (Å²) in [7, 11) is 2.20. The monoisotopic (exact) mass is 165 g/mol. The van der Waals surface area contributed by atoms with Crippen molar-refractivity contribution in [2.75, 3.05) is 13.6 Å². The van der Waals surface area contributed by atoms with Gasteiger partial charge in [-0.3, -0.25) is 0 Å². The second-order valence-corrected chi connectivity index (χ2v) is 3.35. The summed E-state index contributed by atoms with van der Waals surface area (Å²) < 4.78 is 0. The Morgan fingerprint density at radius 1 is 1.50 bits per heavy atom. The summed E-state index contributed by atoms with van der Waals surface area (Å²) in [5, 5.41) is 0. The Kier molecular flexibility index (Phi) is 3.39. The van der Waals surface area contributed by atoms with Crippen LogP contribution in [0.4, 0.5) is 0 Å². The minimum Gasteiger partial charge on any atom is -0.378 e. The molecule has 0 aromatic carbocycles. The highest BCUT2D eigenvalue weighted by molar-refractivity contribution is 5.26. The molecule has 12 heavy (non-hydrogen) atoms. The van der Waals surface area contributed by atoms with Crippen LogP contribution in [0.1, 0.15) is 33.1 Å². The van der Waals surface area contributed by atoms with Gasteiger partial charge in [0.1, 0.15) is 0 Å². The van der Waals surface area contributed by atoms with Crippen LogP contribution < -0.4 is 0 Å². The number of allylic oxidation sites excluding steroid dienone is 4. The molecule has 1 rings (SSSR count). The van der Waals surface area contributed by atoms with Crippen LogP contribution in [-0.2, 0) is 0 Å². The minimum absolute atomic E-state index is 1.16. The summed E-state index contributed by atoms with van der Waals surface area (Å²) in [6, 6.07) is 0. The molecular formula is C11H19N. The van der Waals surface area contributed by atoms with Crippen molar-refractivity contribution in [3.05, 3.63) is 23.4 Å². The third-order valence-corrected chi connectivity index (χ3v) is 2.47. The lowest BCUT2D eigenvalue weighted by atomic mass is 10.0. The van der Waals surface area contributed by atoms with Gasteiger partial charge in [-0.15, -0.1) is 0 Å². The van der Waals surface area contributed by atoms with E-state index in [1.54, 1.807) is 0 Å². The molecule has 1 heteroatoms. The van der Waals surface area contributed by atoms with Gasteiger partial charge >= 0.3 is 0 Å². The highest BCUT2D eigenvalue weighted by Crippen LogP contribution is 2.23. The van der Waals surface area contributed by atoms with Crippen molar-refractivity contribution in [1.29, 1.82) is 0 Å². The van der Waals surface area contributed by atoms with Crippen LogP contribution in [0.25, 0.3) is 0 Å². The van der Waals surface area contributed by atoms with E-state index in [0.717, 1.165) is 6.42 Å². The Balaban J connectivity index is 2.86. The second-order valence-electron chi connectivity index (χ2n) is 3.35. The van der Waals surface area contributed by atoms with Gasteiger partial charge in [-0.2, -0.15) is 0 Å². The smallest absolute Gasteiger partial charge is 0.0175 e. The standard InChI is InChI=1S/C11H19N/c1-4-7-10-8-6-9-12(3)11(10)5-2/h4,7H,5-6,8-9H2,1-3H3/b7-4-. The maximum absolute atomic E-state index is 2.39.